The van der Waals surface area contributed by atoms with Gasteiger partial charge in [0.1, 0.15) is 0 Å². The highest BCUT2D eigenvalue weighted by Gasteiger charge is 2.26. The van der Waals surface area contributed by atoms with Crippen molar-refractivity contribution in [3.63, 3.8) is 0 Å². The Morgan fingerprint density at radius 2 is 2.06 bits per heavy atom. The Bertz CT molecular complexity index is 210. The molecule has 0 amide bonds. The number of aliphatic hydroxyl groups is 1. The molecule has 2 fully saturated rings. The van der Waals surface area contributed by atoms with Gasteiger partial charge in [-0.1, -0.05) is 19.3 Å². The van der Waals surface area contributed by atoms with Crippen LogP contribution in [0.4, 0.5) is 0 Å². The maximum Gasteiger partial charge on any atom is 0.0975 e. The van der Waals surface area contributed by atoms with E-state index in [1.165, 1.54) is 38.5 Å². The van der Waals surface area contributed by atoms with E-state index in [0.717, 1.165) is 12.5 Å². The minimum Gasteiger partial charge on any atom is -0.386 e. The van der Waals surface area contributed by atoms with Gasteiger partial charge < -0.3 is 15.2 Å². The van der Waals surface area contributed by atoms with Crippen molar-refractivity contribution in [2.75, 3.05) is 19.8 Å². The zero-order valence-corrected chi connectivity index (χ0v) is 10.4. The Morgan fingerprint density at radius 1 is 1.31 bits per heavy atom. The second-order valence-electron chi connectivity index (χ2n) is 5.79. The normalized spacial score (nSPS) is 25.1. The standard InChI is InChI=1S/C13H25NO2/c1-13(15,9-14-12-5-6-12)10-16-8-7-11-3-2-4-11/h11-12,14-15H,2-10H2,1H3. The summed E-state index contributed by atoms with van der Waals surface area (Å²) >= 11 is 0. The van der Waals surface area contributed by atoms with E-state index in [1.807, 2.05) is 6.92 Å². The monoisotopic (exact) mass is 227 g/mol. The molecule has 0 heterocycles. The van der Waals surface area contributed by atoms with E-state index in [-0.39, 0.29) is 0 Å². The minimum absolute atomic E-state index is 0.458. The lowest BCUT2D eigenvalue weighted by atomic mass is 9.83. The molecule has 0 radical (unpaired) electrons. The first kappa shape index (κ1) is 12.3. The molecule has 0 bridgehead atoms. The quantitative estimate of drug-likeness (QED) is 0.620. The van der Waals surface area contributed by atoms with E-state index in [1.54, 1.807) is 0 Å². The summed E-state index contributed by atoms with van der Waals surface area (Å²) in [5.74, 6) is 0.898. The highest BCUT2D eigenvalue weighted by Crippen LogP contribution is 2.29. The third kappa shape index (κ3) is 4.40. The fraction of sp³-hybridized carbons (Fsp3) is 1.00. The van der Waals surface area contributed by atoms with Crippen LogP contribution in [0, 0.1) is 5.92 Å². The number of ether oxygens (including phenoxy) is 1. The van der Waals surface area contributed by atoms with Gasteiger partial charge in [-0.05, 0) is 32.1 Å². The summed E-state index contributed by atoms with van der Waals surface area (Å²) in [6.45, 7) is 3.77. The van der Waals surface area contributed by atoms with Crippen molar-refractivity contribution in [2.24, 2.45) is 5.92 Å². The maximum absolute atomic E-state index is 10.0. The molecule has 2 aliphatic carbocycles. The highest BCUT2D eigenvalue weighted by atomic mass is 16.5. The van der Waals surface area contributed by atoms with E-state index in [0.29, 0.717) is 19.2 Å². The third-order valence-electron chi connectivity index (χ3n) is 3.66. The third-order valence-corrected chi connectivity index (χ3v) is 3.66. The van der Waals surface area contributed by atoms with Crippen LogP contribution in [0.1, 0.15) is 45.4 Å². The first-order valence-electron chi connectivity index (χ1n) is 6.69. The molecule has 0 aromatic rings. The molecular weight excluding hydrogens is 202 g/mol. The van der Waals surface area contributed by atoms with Gasteiger partial charge in [0, 0.05) is 19.2 Å². The summed E-state index contributed by atoms with van der Waals surface area (Å²) in [4.78, 5) is 0. The predicted octanol–water partition coefficient (Wildman–Crippen LogP) is 1.70. The van der Waals surface area contributed by atoms with Crippen LogP contribution >= 0.6 is 0 Å². The maximum atomic E-state index is 10.0. The molecule has 0 spiro atoms. The largest absolute Gasteiger partial charge is 0.386 e. The van der Waals surface area contributed by atoms with Gasteiger partial charge in [-0.3, -0.25) is 0 Å². The smallest absolute Gasteiger partial charge is 0.0975 e. The lowest BCUT2D eigenvalue weighted by Crippen LogP contribution is -2.42. The van der Waals surface area contributed by atoms with Gasteiger partial charge in [0.2, 0.25) is 0 Å². The predicted molar refractivity (Wildman–Crippen MR) is 64.4 cm³/mol. The van der Waals surface area contributed by atoms with Gasteiger partial charge in [-0.25, -0.2) is 0 Å². The number of hydrogen-bond acceptors (Lipinski definition) is 3. The molecule has 0 saturated heterocycles. The summed E-state index contributed by atoms with van der Waals surface area (Å²) in [7, 11) is 0. The lowest BCUT2D eigenvalue weighted by Gasteiger charge is -2.27. The topological polar surface area (TPSA) is 41.5 Å². The molecule has 3 nitrogen and oxygen atoms in total. The van der Waals surface area contributed by atoms with E-state index >= 15 is 0 Å². The summed E-state index contributed by atoms with van der Waals surface area (Å²) in [5.41, 5.74) is -0.706. The first-order valence-corrected chi connectivity index (χ1v) is 6.69. The molecule has 0 aromatic carbocycles. The summed E-state index contributed by atoms with van der Waals surface area (Å²) in [6, 6.07) is 0.654. The molecular formula is C13H25NO2. The van der Waals surface area contributed by atoms with Gasteiger partial charge in [0.25, 0.3) is 0 Å². The van der Waals surface area contributed by atoms with Crippen molar-refractivity contribution in [1.82, 2.24) is 5.32 Å². The SMILES string of the molecule is CC(O)(CNC1CC1)COCCC1CCC1. The van der Waals surface area contributed by atoms with Crippen LogP contribution in [0.5, 0.6) is 0 Å². The fourth-order valence-electron chi connectivity index (χ4n) is 2.03. The van der Waals surface area contributed by atoms with E-state index in [4.69, 9.17) is 4.74 Å². The van der Waals surface area contributed by atoms with Gasteiger partial charge in [0.15, 0.2) is 0 Å². The van der Waals surface area contributed by atoms with Gasteiger partial charge in [0.05, 0.1) is 12.2 Å². The second kappa shape index (κ2) is 5.48. The Labute approximate surface area is 98.6 Å². The molecule has 94 valence electrons. The number of nitrogens with one attached hydrogen (secondary N) is 1. The van der Waals surface area contributed by atoms with Gasteiger partial charge in [-0.2, -0.15) is 0 Å². The van der Waals surface area contributed by atoms with Crippen molar-refractivity contribution in [3.05, 3.63) is 0 Å². The van der Waals surface area contributed by atoms with Crippen LogP contribution in [0.15, 0.2) is 0 Å². The molecule has 1 unspecified atom stereocenters. The molecule has 1 atom stereocenters. The average Bonchev–Trinajstić information content (AvgIpc) is 2.95. The second-order valence-corrected chi connectivity index (χ2v) is 5.79. The highest BCUT2D eigenvalue weighted by molar-refractivity contribution is 4.85. The summed E-state index contributed by atoms with van der Waals surface area (Å²) in [6.07, 6.45) is 7.85. The molecule has 2 aliphatic rings. The molecule has 2 N–H and O–H groups in total. The van der Waals surface area contributed by atoms with Gasteiger partial charge >= 0.3 is 0 Å². The van der Waals surface area contributed by atoms with Crippen LogP contribution in [-0.4, -0.2) is 36.5 Å². The summed E-state index contributed by atoms with van der Waals surface area (Å²) in [5, 5.41) is 13.4. The molecule has 0 aromatic heterocycles. The Morgan fingerprint density at radius 3 is 2.62 bits per heavy atom. The van der Waals surface area contributed by atoms with Crippen molar-refractivity contribution in [1.29, 1.82) is 0 Å². The number of rotatable bonds is 8. The van der Waals surface area contributed by atoms with Crippen LogP contribution in [0.25, 0.3) is 0 Å². The molecule has 3 heteroatoms. The van der Waals surface area contributed by atoms with Crippen LogP contribution in [0.3, 0.4) is 0 Å². The van der Waals surface area contributed by atoms with Crippen LogP contribution in [0.2, 0.25) is 0 Å². The molecule has 2 saturated carbocycles. The van der Waals surface area contributed by atoms with Crippen LogP contribution < -0.4 is 5.32 Å². The Kier molecular flexibility index (Phi) is 4.22. The van der Waals surface area contributed by atoms with Crippen molar-refractivity contribution in [3.8, 4) is 0 Å². The number of hydrogen-bond donors (Lipinski definition) is 2. The van der Waals surface area contributed by atoms with Crippen LogP contribution in [-0.2, 0) is 4.74 Å². The molecule has 0 aliphatic heterocycles. The lowest BCUT2D eigenvalue weighted by molar-refractivity contribution is -0.0368. The Balaban J connectivity index is 1.48. The first-order chi connectivity index (χ1) is 7.66. The average molecular weight is 227 g/mol. The fourth-order valence-corrected chi connectivity index (χ4v) is 2.03. The van der Waals surface area contributed by atoms with Crippen molar-refractivity contribution >= 4 is 0 Å². The Hall–Kier alpha value is -0.120. The van der Waals surface area contributed by atoms with Gasteiger partial charge in [-0.15, -0.1) is 0 Å². The van der Waals surface area contributed by atoms with E-state index < -0.39 is 5.60 Å². The van der Waals surface area contributed by atoms with Crippen molar-refractivity contribution in [2.45, 2.75) is 57.1 Å². The zero-order chi connectivity index (χ0) is 11.4. The van der Waals surface area contributed by atoms with E-state index in [9.17, 15) is 5.11 Å². The molecule has 2 rings (SSSR count). The van der Waals surface area contributed by atoms with Crippen molar-refractivity contribution < 1.29 is 9.84 Å². The van der Waals surface area contributed by atoms with E-state index in [2.05, 4.69) is 5.32 Å². The molecule has 16 heavy (non-hydrogen) atoms. The summed E-state index contributed by atoms with van der Waals surface area (Å²) < 4.78 is 5.57. The minimum atomic E-state index is -0.706. The zero-order valence-electron chi connectivity index (χ0n) is 10.4.